The normalized spacial score (nSPS) is 20.7. The number of hydrogen-bond donors (Lipinski definition) is 3. The first-order valence-electron chi connectivity index (χ1n) is 14.3. The van der Waals surface area contributed by atoms with E-state index in [4.69, 9.17) is 21.1 Å². The van der Waals surface area contributed by atoms with Crippen molar-refractivity contribution >= 4 is 23.5 Å². The highest BCUT2D eigenvalue weighted by Gasteiger charge is 2.46. The van der Waals surface area contributed by atoms with Gasteiger partial charge in [0.1, 0.15) is 11.9 Å². The van der Waals surface area contributed by atoms with Gasteiger partial charge in [-0.25, -0.2) is 9.18 Å². The van der Waals surface area contributed by atoms with E-state index in [9.17, 15) is 9.59 Å². The summed E-state index contributed by atoms with van der Waals surface area (Å²) in [6, 6.07) is 4.66. The van der Waals surface area contributed by atoms with Gasteiger partial charge in [-0.3, -0.25) is 4.79 Å². The number of urea groups is 1. The summed E-state index contributed by atoms with van der Waals surface area (Å²) in [7, 11) is 3.53. The number of likely N-dealkylation sites (N-methyl/N-ethyl adjacent to an activating group) is 1. The van der Waals surface area contributed by atoms with Crippen molar-refractivity contribution in [1.82, 2.24) is 20.9 Å². The maximum atomic E-state index is 15.5. The van der Waals surface area contributed by atoms with Crippen molar-refractivity contribution in [2.24, 2.45) is 5.92 Å². The van der Waals surface area contributed by atoms with Crippen molar-refractivity contribution in [2.45, 2.75) is 82.4 Å². The number of nitrogens with one attached hydrogen (secondary N) is 3. The minimum Gasteiger partial charge on any atom is -0.385 e. The Balaban J connectivity index is 1.83. The lowest BCUT2D eigenvalue weighted by Crippen LogP contribution is -2.62. The summed E-state index contributed by atoms with van der Waals surface area (Å²) < 4.78 is 27.0. The second-order valence-corrected chi connectivity index (χ2v) is 11.4. The minimum atomic E-state index is -1.21. The molecule has 0 aromatic heterocycles. The van der Waals surface area contributed by atoms with Gasteiger partial charge in [0.05, 0.1) is 23.7 Å². The first-order chi connectivity index (χ1) is 18.8. The van der Waals surface area contributed by atoms with Gasteiger partial charge in [-0.05, 0) is 44.7 Å². The summed E-state index contributed by atoms with van der Waals surface area (Å²) in [6.07, 6.45) is 8.29. The number of carbonyl (C=O) groups is 2. The van der Waals surface area contributed by atoms with E-state index >= 15 is 4.39 Å². The third-order valence-corrected chi connectivity index (χ3v) is 8.32. The quantitative estimate of drug-likeness (QED) is 0.303. The van der Waals surface area contributed by atoms with Crippen LogP contribution >= 0.6 is 11.6 Å². The molecule has 3 rings (SSSR count). The van der Waals surface area contributed by atoms with Gasteiger partial charge in [0.25, 0.3) is 0 Å². The van der Waals surface area contributed by atoms with Crippen LogP contribution < -0.4 is 16.0 Å². The Morgan fingerprint density at radius 2 is 2.03 bits per heavy atom. The number of ether oxygens (including phenoxy) is 2. The van der Waals surface area contributed by atoms with Gasteiger partial charge in [-0.2, -0.15) is 0 Å². The van der Waals surface area contributed by atoms with Crippen molar-refractivity contribution in [3.63, 3.8) is 0 Å². The topological polar surface area (TPSA) is 91.9 Å². The van der Waals surface area contributed by atoms with E-state index in [0.717, 1.165) is 12.8 Å². The lowest BCUT2D eigenvalue weighted by Gasteiger charge is -2.46. The number of hydrogen-bond acceptors (Lipinski definition) is 5. The molecule has 8 nitrogen and oxygen atoms in total. The Morgan fingerprint density at radius 3 is 2.72 bits per heavy atom. The number of carbonyl (C=O) groups excluding carboxylic acids is 2. The maximum Gasteiger partial charge on any atom is 0.317 e. The second kappa shape index (κ2) is 15.7. The predicted molar refractivity (Wildman–Crippen MR) is 151 cm³/mol. The molecule has 39 heavy (non-hydrogen) atoms. The number of unbranched alkanes of at least 4 members (excludes halogenated alkanes) is 1. The average Bonchev–Trinajstić information content (AvgIpc) is 2.92. The molecule has 0 bridgehead atoms. The van der Waals surface area contributed by atoms with E-state index in [1.54, 1.807) is 24.1 Å². The standard InChI is InChI=1S/C29H46ClFN4O4/c1-21(36)34-29(14-7-8-16-38-3,24-12-9-13-25(30)27(24)31)26-20-35(15-17-39-26)28(37)33-23(19-32-2)18-22-10-5-4-6-11-22/h9,12-13,22-23,26,32H,4-8,10-11,14-20H2,1-3H3,(H,33,37)(H,34,36). The van der Waals surface area contributed by atoms with Gasteiger partial charge in [-0.15, -0.1) is 0 Å². The first-order valence-corrected chi connectivity index (χ1v) is 14.7. The number of rotatable bonds is 13. The van der Waals surface area contributed by atoms with Crippen LogP contribution in [-0.2, 0) is 19.8 Å². The van der Waals surface area contributed by atoms with E-state index in [0.29, 0.717) is 38.5 Å². The van der Waals surface area contributed by atoms with E-state index in [-0.39, 0.29) is 41.7 Å². The molecule has 220 valence electrons. The minimum absolute atomic E-state index is 0.0198. The molecule has 2 aliphatic rings. The number of benzene rings is 1. The Morgan fingerprint density at radius 1 is 1.26 bits per heavy atom. The van der Waals surface area contributed by atoms with Crippen LogP contribution in [0.25, 0.3) is 0 Å². The fourth-order valence-corrected chi connectivity index (χ4v) is 6.33. The molecule has 3 unspecified atom stereocenters. The third-order valence-electron chi connectivity index (χ3n) is 8.02. The summed E-state index contributed by atoms with van der Waals surface area (Å²) in [5.41, 5.74) is -0.944. The van der Waals surface area contributed by atoms with Crippen LogP contribution in [0.3, 0.4) is 0 Å². The van der Waals surface area contributed by atoms with Gasteiger partial charge in [-0.1, -0.05) is 55.8 Å². The van der Waals surface area contributed by atoms with Crippen LogP contribution in [0.15, 0.2) is 18.2 Å². The molecule has 1 aliphatic heterocycles. The lowest BCUT2D eigenvalue weighted by atomic mass is 9.78. The van der Waals surface area contributed by atoms with Gasteiger partial charge < -0.3 is 30.3 Å². The van der Waals surface area contributed by atoms with Gasteiger partial charge in [0.15, 0.2) is 0 Å². The van der Waals surface area contributed by atoms with Gasteiger partial charge in [0, 0.05) is 45.3 Å². The number of amides is 3. The predicted octanol–water partition coefficient (Wildman–Crippen LogP) is 4.60. The third kappa shape index (κ3) is 8.77. The summed E-state index contributed by atoms with van der Waals surface area (Å²) >= 11 is 6.20. The van der Waals surface area contributed by atoms with Crippen LogP contribution in [0.2, 0.25) is 5.02 Å². The van der Waals surface area contributed by atoms with E-state index in [2.05, 4.69) is 16.0 Å². The largest absolute Gasteiger partial charge is 0.385 e. The lowest BCUT2D eigenvalue weighted by molar-refractivity contribution is -0.127. The molecule has 1 aromatic rings. The first kappa shape index (κ1) is 31.6. The fourth-order valence-electron chi connectivity index (χ4n) is 6.15. The molecule has 1 saturated carbocycles. The molecule has 3 amide bonds. The van der Waals surface area contributed by atoms with Crippen molar-refractivity contribution < 1.29 is 23.5 Å². The Hall–Kier alpha value is -1.94. The van der Waals surface area contributed by atoms with Gasteiger partial charge >= 0.3 is 6.03 Å². The number of morpholine rings is 1. The SMILES string of the molecule is CNCC(CC1CCCCC1)NC(=O)N1CCOC(C(CCCCOC)(NC(C)=O)c2cccc(Cl)c2F)C1. The number of halogens is 2. The molecule has 0 radical (unpaired) electrons. The molecular formula is C29H46ClFN4O4. The molecule has 1 aliphatic carbocycles. The van der Waals surface area contributed by atoms with Crippen molar-refractivity contribution in [3.05, 3.63) is 34.6 Å². The van der Waals surface area contributed by atoms with E-state index in [1.807, 2.05) is 7.05 Å². The molecule has 2 fully saturated rings. The summed E-state index contributed by atoms with van der Waals surface area (Å²) in [6.45, 7) is 3.54. The summed E-state index contributed by atoms with van der Waals surface area (Å²) in [5.74, 6) is -0.278. The zero-order valence-electron chi connectivity index (χ0n) is 23.7. The second-order valence-electron chi connectivity index (χ2n) is 11.0. The van der Waals surface area contributed by atoms with Gasteiger partial charge in [0.2, 0.25) is 5.91 Å². The molecule has 1 saturated heterocycles. The number of nitrogens with zero attached hydrogens (tertiary/aromatic N) is 1. The molecular weight excluding hydrogens is 523 g/mol. The summed E-state index contributed by atoms with van der Waals surface area (Å²) in [5, 5.41) is 9.46. The van der Waals surface area contributed by atoms with E-state index < -0.39 is 17.5 Å². The zero-order chi connectivity index (χ0) is 28.3. The maximum absolute atomic E-state index is 15.5. The van der Waals surface area contributed by atoms with Crippen LogP contribution in [0.1, 0.15) is 70.3 Å². The smallest absolute Gasteiger partial charge is 0.317 e. The van der Waals surface area contributed by atoms with Crippen LogP contribution in [0, 0.1) is 11.7 Å². The van der Waals surface area contributed by atoms with Crippen molar-refractivity contribution in [1.29, 1.82) is 0 Å². The van der Waals surface area contributed by atoms with Crippen molar-refractivity contribution in [3.8, 4) is 0 Å². The molecule has 3 atom stereocenters. The van der Waals surface area contributed by atoms with Crippen LogP contribution in [-0.4, -0.2) is 76.0 Å². The Bertz CT molecular complexity index is 933. The Labute approximate surface area is 237 Å². The molecule has 3 N–H and O–H groups in total. The monoisotopic (exact) mass is 568 g/mol. The van der Waals surface area contributed by atoms with Crippen LogP contribution in [0.5, 0.6) is 0 Å². The average molecular weight is 569 g/mol. The van der Waals surface area contributed by atoms with Crippen LogP contribution in [0.4, 0.5) is 9.18 Å². The summed E-state index contributed by atoms with van der Waals surface area (Å²) in [4.78, 5) is 27.8. The number of methoxy groups -OCH3 is 1. The molecule has 1 heterocycles. The molecule has 1 aromatic carbocycles. The molecule has 10 heteroatoms. The van der Waals surface area contributed by atoms with Crippen molar-refractivity contribution in [2.75, 3.05) is 47.0 Å². The fraction of sp³-hybridized carbons (Fsp3) is 0.724. The highest BCUT2D eigenvalue weighted by molar-refractivity contribution is 6.30. The zero-order valence-corrected chi connectivity index (χ0v) is 24.5. The van der Waals surface area contributed by atoms with E-state index in [1.165, 1.54) is 45.1 Å². The Kier molecular flexibility index (Phi) is 12.8. The highest BCUT2D eigenvalue weighted by Crippen LogP contribution is 2.38. The molecule has 0 spiro atoms. The highest BCUT2D eigenvalue weighted by atomic mass is 35.5.